The molecule has 0 saturated heterocycles. The largest absolute Gasteiger partial charge is 0.480 e. The highest BCUT2D eigenvalue weighted by Crippen LogP contribution is 2.31. The maximum atomic E-state index is 13.1. The lowest BCUT2D eigenvalue weighted by atomic mass is 9.94. The number of benzene rings is 1. The monoisotopic (exact) mass is 355 g/mol. The van der Waals surface area contributed by atoms with Crippen LogP contribution in [0.25, 0.3) is 10.2 Å². The summed E-state index contributed by atoms with van der Waals surface area (Å²) < 4.78 is 1.76. The summed E-state index contributed by atoms with van der Waals surface area (Å²) in [6.45, 7) is 2.22. The summed E-state index contributed by atoms with van der Waals surface area (Å²) >= 11 is 1.36. The SMILES string of the molecule is Cc1nn(C)c2sc(C(=O)N3Cc4ccccc4C[C@@H]3C(=O)O)cc12. The number of carbonyl (C=O) groups is 2. The number of nitrogens with zero attached hydrogens (tertiary/aromatic N) is 3. The van der Waals surface area contributed by atoms with Crippen LogP contribution in [0.5, 0.6) is 0 Å². The fourth-order valence-electron chi connectivity index (χ4n) is 3.41. The Hall–Kier alpha value is -2.67. The van der Waals surface area contributed by atoms with E-state index in [0.717, 1.165) is 27.0 Å². The number of hydrogen-bond donors (Lipinski definition) is 1. The molecule has 1 amide bonds. The van der Waals surface area contributed by atoms with Gasteiger partial charge in [0.25, 0.3) is 5.91 Å². The van der Waals surface area contributed by atoms with Crippen LogP contribution in [0.15, 0.2) is 30.3 Å². The molecule has 6 nitrogen and oxygen atoms in total. The number of hydrogen-bond acceptors (Lipinski definition) is 4. The van der Waals surface area contributed by atoms with E-state index in [4.69, 9.17) is 0 Å². The fourth-order valence-corrected chi connectivity index (χ4v) is 4.49. The van der Waals surface area contributed by atoms with Gasteiger partial charge in [-0.1, -0.05) is 24.3 Å². The molecule has 1 N–H and O–H groups in total. The number of rotatable bonds is 2. The molecule has 4 rings (SSSR count). The van der Waals surface area contributed by atoms with E-state index in [1.165, 1.54) is 16.2 Å². The summed E-state index contributed by atoms with van der Waals surface area (Å²) in [4.78, 5) is 27.7. The number of carbonyl (C=O) groups excluding carboxylic acids is 1. The van der Waals surface area contributed by atoms with Gasteiger partial charge in [-0.25, -0.2) is 4.79 Å². The quantitative estimate of drug-likeness (QED) is 0.767. The number of aromatic nitrogens is 2. The zero-order valence-electron chi connectivity index (χ0n) is 13.9. The normalized spacial score (nSPS) is 16.9. The molecule has 0 bridgehead atoms. The van der Waals surface area contributed by atoms with Crippen molar-refractivity contribution in [2.24, 2.45) is 7.05 Å². The van der Waals surface area contributed by atoms with E-state index in [0.29, 0.717) is 17.8 Å². The molecule has 2 aromatic heterocycles. The zero-order valence-corrected chi connectivity index (χ0v) is 14.7. The summed E-state index contributed by atoms with van der Waals surface area (Å²) in [7, 11) is 1.84. The van der Waals surface area contributed by atoms with E-state index in [1.807, 2.05) is 44.3 Å². The molecule has 3 heterocycles. The Morgan fingerprint density at radius 3 is 2.68 bits per heavy atom. The van der Waals surface area contributed by atoms with Gasteiger partial charge in [-0.05, 0) is 24.1 Å². The fraction of sp³-hybridized carbons (Fsp3) is 0.278. The average Bonchev–Trinajstić information content (AvgIpc) is 3.15. The lowest BCUT2D eigenvalue weighted by Crippen LogP contribution is -2.48. The lowest BCUT2D eigenvalue weighted by molar-refractivity contribution is -0.142. The van der Waals surface area contributed by atoms with Crippen LogP contribution in [0.2, 0.25) is 0 Å². The van der Waals surface area contributed by atoms with Crippen molar-refractivity contribution < 1.29 is 14.7 Å². The van der Waals surface area contributed by atoms with Crippen LogP contribution >= 0.6 is 11.3 Å². The molecule has 3 aromatic rings. The summed E-state index contributed by atoms with van der Waals surface area (Å²) in [5.41, 5.74) is 2.87. The molecule has 0 radical (unpaired) electrons. The number of amides is 1. The second kappa shape index (κ2) is 5.70. The number of carboxylic acid groups (broad SMARTS) is 1. The maximum absolute atomic E-state index is 13.1. The summed E-state index contributed by atoms with van der Waals surface area (Å²) in [6.07, 6.45) is 0.336. The van der Waals surface area contributed by atoms with Crippen molar-refractivity contribution in [1.29, 1.82) is 0 Å². The van der Waals surface area contributed by atoms with Gasteiger partial charge in [-0.3, -0.25) is 9.48 Å². The van der Waals surface area contributed by atoms with E-state index in [1.54, 1.807) is 4.68 Å². The van der Waals surface area contributed by atoms with Crippen molar-refractivity contribution in [2.75, 3.05) is 0 Å². The van der Waals surface area contributed by atoms with Crippen molar-refractivity contribution in [3.63, 3.8) is 0 Å². The smallest absolute Gasteiger partial charge is 0.326 e. The molecule has 0 saturated carbocycles. The van der Waals surface area contributed by atoms with Crippen LogP contribution in [-0.4, -0.2) is 37.7 Å². The Labute approximate surface area is 148 Å². The Balaban J connectivity index is 1.74. The van der Waals surface area contributed by atoms with Gasteiger partial charge in [0.2, 0.25) is 0 Å². The van der Waals surface area contributed by atoms with Crippen LogP contribution in [-0.2, 0) is 24.8 Å². The minimum Gasteiger partial charge on any atom is -0.480 e. The Bertz CT molecular complexity index is 970. The van der Waals surface area contributed by atoms with Gasteiger partial charge in [-0.15, -0.1) is 11.3 Å². The molecule has 1 aromatic carbocycles. The standard InChI is InChI=1S/C18H17N3O3S/c1-10-13-8-15(25-17(13)20(2)19-10)16(22)21-9-12-6-4-3-5-11(12)7-14(21)18(23)24/h3-6,8,14H,7,9H2,1-2H3,(H,23,24)/t14-/m1/s1. The van der Waals surface area contributed by atoms with E-state index in [9.17, 15) is 14.7 Å². The molecule has 0 spiro atoms. The van der Waals surface area contributed by atoms with E-state index >= 15 is 0 Å². The molecular formula is C18H17N3O3S. The van der Waals surface area contributed by atoms with Crippen molar-refractivity contribution in [3.05, 3.63) is 52.0 Å². The van der Waals surface area contributed by atoms with Gasteiger partial charge in [0.1, 0.15) is 10.9 Å². The van der Waals surface area contributed by atoms with Gasteiger partial charge >= 0.3 is 5.97 Å². The maximum Gasteiger partial charge on any atom is 0.326 e. The molecular weight excluding hydrogens is 338 g/mol. The second-order valence-corrected chi connectivity index (χ2v) is 7.33. The van der Waals surface area contributed by atoms with Crippen LogP contribution in [0.4, 0.5) is 0 Å². The molecule has 128 valence electrons. The van der Waals surface area contributed by atoms with Crippen LogP contribution in [0.1, 0.15) is 26.5 Å². The third-order valence-electron chi connectivity index (χ3n) is 4.70. The van der Waals surface area contributed by atoms with Crippen molar-refractivity contribution in [3.8, 4) is 0 Å². The summed E-state index contributed by atoms with van der Waals surface area (Å²) in [5, 5.41) is 14.9. The number of aryl methyl sites for hydroxylation is 2. The highest BCUT2D eigenvalue weighted by Gasteiger charge is 2.35. The number of aliphatic carboxylic acids is 1. The summed E-state index contributed by atoms with van der Waals surface area (Å²) in [5.74, 6) is -1.20. The molecule has 7 heteroatoms. The number of fused-ring (bicyclic) bond motifs is 2. The number of carboxylic acids is 1. The number of thiophene rings is 1. The predicted molar refractivity (Wildman–Crippen MR) is 94.8 cm³/mol. The predicted octanol–water partition coefficient (Wildman–Crippen LogP) is 2.59. The molecule has 1 aliphatic heterocycles. The minimum absolute atomic E-state index is 0.234. The Morgan fingerprint density at radius 2 is 2.00 bits per heavy atom. The van der Waals surface area contributed by atoms with Crippen molar-refractivity contribution >= 4 is 33.4 Å². The van der Waals surface area contributed by atoms with Gasteiger partial charge in [-0.2, -0.15) is 5.10 Å². The topological polar surface area (TPSA) is 75.4 Å². The molecule has 0 aliphatic carbocycles. The van der Waals surface area contributed by atoms with Crippen LogP contribution in [0, 0.1) is 6.92 Å². The minimum atomic E-state index is -0.971. The molecule has 25 heavy (non-hydrogen) atoms. The first-order chi connectivity index (χ1) is 12.0. The highest BCUT2D eigenvalue weighted by molar-refractivity contribution is 7.20. The molecule has 0 fully saturated rings. The van der Waals surface area contributed by atoms with Crippen LogP contribution < -0.4 is 0 Å². The van der Waals surface area contributed by atoms with Gasteiger partial charge in [0.05, 0.1) is 10.6 Å². The second-order valence-electron chi connectivity index (χ2n) is 6.30. The van der Waals surface area contributed by atoms with Gasteiger partial charge in [0.15, 0.2) is 0 Å². The third-order valence-corrected chi connectivity index (χ3v) is 5.89. The van der Waals surface area contributed by atoms with Crippen LogP contribution in [0.3, 0.4) is 0 Å². The van der Waals surface area contributed by atoms with Gasteiger partial charge < -0.3 is 10.0 Å². The average molecular weight is 355 g/mol. The van der Waals surface area contributed by atoms with E-state index < -0.39 is 12.0 Å². The third kappa shape index (κ3) is 2.51. The lowest BCUT2D eigenvalue weighted by Gasteiger charge is -2.34. The molecule has 0 unspecified atom stereocenters. The van der Waals surface area contributed by atoms with Crippen molar-refractivity contribution in [1.82, 2.24) is 14.7 Å². The summed E-state index contributed by atoms with van der Waals surface area (Å²) in [6, 6.07) is 8.68. The van der Waals surface area contributed by atoms with Crippen molar-refractivity contribution in [2.45, 2.75) is 25.9 Å². The zero-order chi connectivity index (χ0) is 17.7. The molecule has 1 aliphatic rings. The highest BCUT2D eigenvalue weighted by atomic mass is 32.1. The molecule has 1 atom stereocenters. The first-order valence-corrected chi connectivity index (χ1v) is 8.81. The van der Waals surface area contributed by atoms with E-state index in [-0.39, 0.29) is 5.91 Å². The Morgan fingerprint density at radius 1 is 1.28 bits per heavy atom. The first kappa shape index (κ1) is 15.8. The van der Waals surface area contributed by atoms with E-state index in [2.05, 4.69) is 5.10 Å². The van der Waals surface area contributed by atoms with Gasteiger partial charge in [0, 0.05) is 25.4 Å². The Kier molecular flexibility index (Phi) is 3.61. The first-order valence-electron chi connectivity index (χ1n) is 7.99.